The van der Waals surface area contributed by atoms with Crippen LogP contribution in [0.3, 0.4) is 0 Å². The van der Waals surface area contributed by atoms with Gasteiger partial charge in [-0.25, -0.2) is 5.43 Å². The fourth-order valence-electron chi connectivity index (χ4n) is 1.11. The molecule has 0 fully saturated rings. The summed E-state index contributed by atoms with van der Waals surface area (Å²) >= 11 is 5.76. The van der Waals surface area contributed by atoms with Crippen LogP contribution in [0.2, 0.25) is 5.02 Å². The van der Waals surface area contributed by atoms with E-state index in [0.29, 0.717) is 6.67 Å². The minimum atomic E-state index is 0.669. The zero-order chi connectivity index (χ0) is 9.68. The van der Waals surface area contributed by atoms with Gasteiger partial charge in [-0.05, 0) is 24.7 Å². The number of hydrazine groups is 1. The molecule has 0 aliphatic carbocycles. The number of rotatable bonds is 4. The third-order valence-electron chi connectivity index (χ3n) is 1.73. The summed E-state index contributed by atoms with van der Waals surface area (Å²) in [4.78, 5) is 2.07. The van der Waals surface area contributed by atoms with Crippen LogP contribution < -0.4 is 11.3 Å². The molecule has 1 aromatic rings. The van der Waals surface area contributed by atoms with E-state index in [0.717, 1.165) is 11.6 Å². The molecule has 3 nitrogen and oxygen atoms in total. The molecule has 72 valence electrons. The Morgan fingerprint density at radius 3 is 2.54 bits per heavy atom. The molecular formula is C9H14ClN3. The highest BCUT2D eigenvalue weighted by molar-refractivity contribution is 6.30. The molecule has 4 heteroatoms. The van der Waals surface area contributed by atoms with Crippen molar-refractivity contribution in [3.63, 3.8) is 0 Å². The first-order chi connectivity index (χ1) is 6.22. The third-order valence-corrected chi connectivity index (χ3v) is 1.98. The Labute approximate surface area is 83.4 Å². The van der Waals surface area contributed by atoms with Crippen molar-refractivity contribution in [2.45, 2.75) is 6.54 Å². The van der Waals surface area contributed by atoms with Crippen LogP contribution in [0.15, 0.2) is 24.3 Å². The van der Waals surface area contributed by atoms with E-state index in [-0.39, 0.29) is 0 Å². The lowest BCUT2D eigenvalue weighted by Gasteiger charge is -2.15. The quantitative estimate of drug-likeness (QED) is 0.435. The van der Waals surface area contributed by atoms with Crippen molar-refractivity contribution in [3.8, 4) is 0 Å². The number of nitrogens with two attached hydrogens (primary N) is 1. The molecule has 0 amide bonds. The number of benzene rings is 1. The van der Waals surface area contributed by atoms with Gasteiger partial charge in [0.1, 0.15) is 0 Å². The molecule has 0 aliphatic heterocycles. The lowest BCUT2D eigenvalue weighted by atomic mass is 10.2. The van der Waals surface area contributed by atoms with Crippen molar-refractivity contribution < 1.29 is 0 Å². The van der Waals surface area contributed by atoms with Crippen molar-refractivity contribution in [1.82, 2.24) is 10.3 Å². The first-order valence-electron chi connectivity index (χ1n) is 4.09. The Balaban J connectivity index is 2.49. The topological polar surface area (TPSA) is 41.3 Å². The Morgan fingerprint density at radius 1 is 1.38 bits per heavy atom. The third kappa shape index (κ3) is 3.74. The van der Waals surface area contributed by atoms with Crippen molar-refractivity contribution in [3.05, 3.63) is 34.9 Å². The number of nitrogens with zero attached hydrogens (tertiary/aromatic N) is 1. The second kappa shape index (κ2) is 5.19. The van der Waals surface area contributed by atoms with Crippen molar-refractivity contribution >= 4 is 11.6 Å². The highest BCUT2D eigenvalue weighted by Gasteiger charge is 1.98. The Morgan fingerprint density at radius 2 is 2.00 bits per heavy atom. The van der Waals surface area contributed by atoms with Crippen LogP contribution in [0.25, 0.3) is 0 Å². The van der Waals surface area contributed by atoms with Crippen LogP contribution in [0.1, 0.15) is 5.56 Å². The molecule has 3 N–H and O–H groups in total. The average Bonchev–Trinajstić information content (AvgIpc) is 2.09. The minimum Gasteiger partial charge on any atom is -0.288 e. The van der Waals surface area contributed by atoms with Gasteiger partial charge in [-0.3, -0.25) is 10.7 Å². The Kier molecular flexibility index (Phi) is 4.18. The standard InChI is InChI=1S/C9H14ClN3/c1-13(7-12-11)6-8-2-4-9(10)5-3-8/h2-5,12H,6-7,11H2,1H3. The van der Waals surface area contributed by atoms with Crippen molar-refractivity contribution in [1.29, 1.82) is 0 Å². The van der Waals surface area contributed by atoms with Gasteiger partial charge >= 0.3 is 0 Å². The van der Waals surface area contributed by atoms with Crippen LogP contribution in [-0.4, -0.2) is 18.6 Å². The maximum atomic E-state index is 5.76. The number of nitrogens with one attached hydrogen (secondary N) is 1. The molecule has 0 saturated carbocycles. The van der Waals surface area contributed by atoms with Gasteiger partial charge in [0.2, 0.25) is 0 Å². The van der Waals surface area contributed by atoms with E-state index in [2.05, 4.69) is 10.3 Å². The molecule has 13 heavy (non-hydrogen) atoms. The van der Waals surface area contributed by atoms with E-state index in [1.165, 1.54) is 5.56 Å². The second-order valence-electron chi connectivity index (χ2n) is 3.00. The number of halogens is 1. The molecule has 0 aromatic heterocycles. The van der Waals surface area contributed by atoms with Crippen molar-refractivity contribution in [2.24, 2.45) is 5.84 Å². The SMILES string of the molecule is CN(CNN)Cc1ccc(Cl)cc1. The fourth-order valence-corrected chi connectivity index (χ4v) is 1.24. The fraction of sp³-hybridized carbons (Fsp3) is 0.333. The summed E-state index contributed by atoms with van der Waals surface area (Å²) in [6.07, 6.45) is 0. The predicted octanol–water partition coefficient (Wildman–Crippen LogP) is 1.19. The lowest BCUT2D eigenvalue weighted by molar-refractivity contribution is 0.301. The summed E-state index contributed by atoms with van der Waals surface area (Å²) in [7, 11) is 1.99. The first-order valence-corrected chi connectivity index (χ1v) is 4.46. The van der Waals surface area contributed by atoms with Crippen LogP contribution >= 0.6 is 11.6 Å². The van der Waals surface area contributed by atoms with Gasteiger partial charge in [-0.15, -0.1) is 0 Å². The summed E-state index contributed by atoms with van der Waals surface area (Å²) in [5.41, 5.74) is 3.82. The highest BCUT2D eigenvalue weighted by Crippen LogP contribution is 2.10. The van der Waals surface area contributed by atoms with Crippen molar-refractivity contribution in [2.75, 3.05) is 13.7 Å². The number of hydrogen-bond acceptors (Lipinski definition) is 3. The molecule has 0 unspecified atom stereocenters. The summed E-state index contributed by atoms with van der Waals surface area (Å²) in [5.74, 6) is 5.19. The molecule has 0 heterocycles. The Bertz CT molecular complexity index is 248. The normalized spacial score (nSPS) is 10.8. The van der Waals surface area contributed by atoms with Gasteiger partial charge in [0.25, 0.3) is 0 Å². The van der Waals surface area contributed by atoms with Gasteiger partial charge in [0.15, 0.2) is 0 Å². The minimum absolute atomic E-state index is 0.669. The monoisotopic (exact) mass is 199 g/mol. The van der Waals surface area contributed by atoms with E-state index in [4.69, 9.17) is 17.4 Å². The van der Waals surface area contributed by atoms with Gasteiger partial charge < -0.3 is 0 Å². The molecular weight excluding hydrogens is 186 g/mol. The van der Waals surface area contributed by atoms with Crippen LogP contribution in [0, 0.1) is 0 Å². The lowest BCUT2D eigenvalue weighted by Crippen LogP contribution is -2.34. The van der Waals surface area contributed by atoms with Gasteiger partial charge in [0, 0.05) is 11.6 Å². The molecule has 0 spiro atoms. The molecule has 0 atom stereocenters. The average molecular weight is 200 g/mol. The molecule has 0 bridgehead atoms. The highest BCUT2D eigenvalue weighted by atomic mass is 35.5. The first kappa shape index (κ1) is 10.5. The zero-order valence-electron chi connectivity index (χ0n) is 7.63. The van der Waals surface area contributed by atoms with Gasteiger partial charge in [0.05, 0.1) is 6.67 Å². The number of hydrogen-bond donors (Lipinski definition) is 2. The van der Waals surface area contributed by atoms with E-state index < -0.39 is 0 Å². The maximum Gasteiger partial charge on any atom is 0.0612 e. The molecule has 1 aromatic carbocycles. The van der Waals surface area contributed by atoms with E-state index in [9.17, 15) is 0 Å². The summed E-state index contributed by atoms with van der Waals surface area (Å²) in [6, 6.07) is 7.80. The second-order valence-corrected chi connectivity index (χ2v) is 3.44. The summed E-state index contributed by atoms with van der Waals surface area (Å²) in [5, 5.41) is 0.767. The molecule has 0 aliphatic rings. The van der Waals surface area contributed by atoms with Crippen LogP contribution in [-0.2, 0) is 6.54 Å². The molecule has 0 saturated heterocycles. The van der Waals surface area contributed by atoms with Crippen LogP contribution in [0.4, 0.5) is 0 Å². The van der Waals surface area contributed by atoms with Gasteiger partial charge in [-0.1, -0.05) is 23.7 Å². The van der Waals surface area contributed by atoms with Crippen LogP contribution in [0.5, 0.6) is 0 Å². The predicted molar refractivity (Wildman–Crippen MR) is 55.1 cm³/mol. The van der Waals surface area contributed by atoms with E-state index in [1.807, 2.05) is 31.3 Å². The maximum absolute atomic E-state index is 5.76. The Hall–Kier alpha value is -0.610. The largest absolute Gasteiger partial charge is 0.288 e. The van der Waals surface area contributed by atoms with E-state index in [1.54, 1.807) is 0 Å². The summed E-state index contributed by atoms with van der Waals surface area (Å²) in [6.45, 7) is 1.53. The van der Waals surface area contributed by atoms with E-state index >= 15 is 0 Å². The molecule has 0 radical (unpaired) electrons. The van der Waals surface area contributed by atoms with Gasteiger partial charge in [-0.2, -0.15) is 0 Å². The zero-order valence-corrected chi connectivity index (χ0v) is 8.38. The smallest absolute Gasteiger partial charge is 0.0612 e. The molecule has 1 rings (SSSR count). The summed E-state index contributed by atoms with van der Waals surface area (Å²) < 4.78 is 0.